The van der Waals surface area contributed by atoms with Gasteiger partial charge in [-0.1, -0.05) is 27.5 Å². The molecule has 18 heavy (non-hydrogen) atoms. The molecule has 1 saturated heterocycles. The molecule has 1 aliphatic heterocycles. The van der Waals surface area contributed by atoms with Crippen molar-refractivity contribution >= 4 is 56.0 Å². The van der Waals surface area contributed by atoms with E-state index in [-0.39, 0.29) is 5.91 Å². The molecule has 1 amide bonds. The fourth-order valence-electron chi connectivity index (χ4n) is 2.22. The van der Waals surface area contributed by atoms with E-state index in [4.69, 9.17) is 11.6 Å². The number of likely N-dealkylation sites (tertiary alicyclic amines) is 1. The fourth-order valence-corrected chi connectivity index (χ4v) is 3.38. The number of halogens is 3. The molecule has 1 aliphatic rings. The van der Waals surface area contributed by atoms with Crippen LogP contribution in [0, 0.1) is 9.49 Å². The Labute approximate surface area is 134 Å². The van der Waals surface area contributed by atoms with Crippen LogP contribution in [-0.2, 0) is 0 Å². The summed E-state index contributed by atoms with van der Waals surface area (Å²) in [7, 11) is 0. The molecule has 0 bridgehead atoms. The third-order valence-corrected chi connectivity index (χ3v) is 5.29. The van der Waals surface area contributed by atoms with E-state index in [1.54, 1.807) is 6.07 Å². The van der Waals surface area contributed by atoms with Gasteiger partial charge in [-0.3, -0.25) is 4.79 Å². The summed E-state index contributed by atoms with van der Waals surface area (Å²) in [5, 5.41) is 1.66. The van der Waals surface area contributed by atoms with Crippen LogP contribution in [-0.4, -0.2) is 29.2 Å². The molecule has 1 heterocycles. The molecular formula is C13H14BrClINO. The first-order valence-corrected chi connectivity index (χ1v) is 8.50. The Kier molecular flexibility index (Phi) is 5.33. The summed E-state index contributed by atoms with van der Waals surface area (Å²) < 4.78 is 0.976. The average Bonchev–Trinajstić information content (AvgIpc) is 2.81. The Morgan fingerprint density at radius 2 is 2.33 bits per heavy atom. The van der Waals surface area contributed by atoms with Gasteiger partial charge in [0.25, 0.3) is 5.91 Å². The van der Waals surface area contributed by atoms with E-state index in [1.165, 1.54) is 0 Å². The van der Waals surface area contributed by atoms with Crippen LogP contribution in [0.4, 0.5) is 0 Å². The third-order valence-electron chi connectivity index (χ3n) is 3.26. The number of alkyl halides is 1. The van der Waals surface area contributed by atoms with Crippen molar-refractivity contribution in [2.75, 3.05) is 18.4 Å². The van der Waals surface area contributed by atoms with E-state index in [0.717, 1.165) is 34.8 Å². The van der Waals surface area contributed by atoms with Crippen LogP contribution >= 0.6 is 50.1 Å². The largest absolute Gasteiger partial charge is 0.338 e. The summed E-state index contributed by atoms with van der Waals surface area (Å²) in [6.07, 6.45) is 2.24. The molecule has 0 aliphatic carbocycles. The van der Waals surface area contributed by atoms with E-state index in [0.29, 0.717) is 16.5 Å². The molecule has 1 atom stereocenters. The first-order chi connectivity index (χ1) is 8.61. The van der Waals surface area contributed by atoms with Crippen LogP contribution < -0.4 is 0 Å². The highest BCUT2D eigenvalue weighted by Crippen LogP contribution is 2.24. The Balaban J connectivity index is 2.05. The van der Waals surface area contributed by atoms with Gasteiger partial charge in [0, 0.05) is 27.6 Å². The zero-order valence-corrected chi connectivity index (χ0v) is 14.3. The Morgan fingerprint density at radius 1 is 1.56 bits per heavy atom. The molecule has 1 fully saturated rings. The molecule has 0 radical (unpaired) electrons. The number of amides is 1. The molecule has 2 rings (SSSR count). The molecule has 2 nitrogen and oxygen atoms in total. The van der Waals surface area contributed by atoms with Gasteiger partial charge in [0.2, 0.25) is 0 Å². The number of hydrogen-bond donors (Lipinski definition) is 0. The summed E-state index contributed by atoms with van der Waals surface area (Å²) in [4.78, 5) is 14.2. The van der Waals surface area contributed by atoms with Gasteiger partial charge in [-0.25, -0.2) is 0 Å². The minimum atomic E-state index is 0.102. The van der Waals surface area contributed by atoms with Gasteiger partial charge in [-0.05, 0) is 59.5 Å². The maximum atomic E-state index is 12.3. The lowest BCUT2D eigenvalue weighted by Crippen LogP contribution is -2.28. The molecule has 1 unspecified atom stereocenters. The lowest BCUT2D eigenvalue weighted by Gasteiger charge is -2.16. The molecule has 98 valence electrons. The standard InChI is InChI=1S/C13H14BrClINO/c14-5-3-9-4-6-17(8-9)13(18)10-1-2-12(16)11(15)7-10/h1-2,7,9H,3-6,8H2. The van der Waals surface area contributed by atoms with Crippen LogP contribution in [0.2, 0.25) is 5.02 Å². The molecule has 0 spiro atoms. The van der Waals surface area contributed by atoms with Gasteiger partial charge in [0.05, 0.1) is 5.02 Å². The highest BCUT2D eigenvalue weighted by atomic mass is 127. The molecule has 0 saturated carbocycles. The molecular weight excluding hydrogens is 428 g/mol. The topological polar surface area (TPSA) is 20.3 Å². The maximum absolute atomic E-state index is 12.3. The summed E-state index contributed by atoms with van der Waals surface area (Å²) in [6.45, 7) is 1.73. The van der Waals surface area contributed by atoms with Gasteiger partial charge in [-0.15, -0.1) is 0 Å². The number of carbonyl (C=O) groups is 1. The Morgan fingerprint density at radius 3 is 3.00 bits per heavy atom. The number of hydrogen-bond acceptors (Lipinski definition) is 1. The summed E-state index contributed by atoms with van der Waals surface area (Å²) in [5.74, 6) is 0.734. The minimum absolute atomic E-state index is 0.102. The zero-order valence-electron chi connectivity index (χ0n) is 9.83. The second kappa shape index (κ2) is 6.57. The lowest BCUT2D eigenvalue weighted by molar-refractivity contribution is 0.0787. The highest BCUT2D eigenvalue weighted by Gasteiger charge is 2.26. The van der Waals surface area contributed by atoms with E-state index >= 15 is 0 Å². The van der Waals surface area contributed by atoms with Crippen molar-refractivity contribution in [1.82, 2.24) is 4.90 Å². The number of nitrogens with zero attached hydrogens (tertiary/aromatic N) is 1. The fraction of sp³-hybridized carbons (Fsp3) is 0.462. The minimum Gasteiger partial charge on any atom is -0.338 e. The van der Waals surface area contributed by atoms with E-state index in [9.17, 15) is 4.79 Å². The maximum Gasteiger partial charge on any atom is 0.253 e. The number of rotatable bonds is 3. The second-order valence-corrected chi connectivity index (χ2v) is 6.87. The molecule has 0 aromatic heterocycles. The number of carbonyl (C=O) groups excluding carboxylic acids is 1. The van der Waals surface area contributed by atoms with Crippen LogP contribution in [0.1, 0.15) is 23.2 Å². The Hall–Kier alpha value is 0.190. The van der Waals surface area contributed by atoms with Crippen molar-refractivity contribution in [3.63, 3.8) is 0 Å². The van der Waals surface area contributed by atoms with Crippen LogP contribution in [0.5, 0.6) is 0 Å². The van der Waals surface area contributed by atoms with Crippen molar-refractivity contribution in [2.45, 2.75) is 12.8 Å². The molecule has 1 aromatic rings. The van der Waals surface area contributed by atoms with Gasteiger partial charge in [0.1, 0.15) is 0 Å². The second-order valence-electron chi connectivity index (χ2n) is 4.51. The smallest absolute Gasteiger partial charge is 0.253 e. The summed E-state index contributed by atoms with van der Waals surface area (Å²) >= 11 is 11.7. The van der Waals surface area contributed by atoms with E-state index < -0.39 is 0 Å². The summed E-state index contributed by atoms with van der Waals surface area (Å²) in [5.41, 5.74) is 0.694. The predicted octanol–water partition coefficient (Wildman–Crippen LogP) is 4.19. The predicted molar refractivity (Wildman–Crippen MR) is 86.6 cm³/mol. The van der Waals surface area contributed by atoms with Crippen molar-refractivity contribution < 1.29 is 4.79 Å². The molecule has 5 heteroatoms. The third kappa shape index (κ3) is 3.39. The zero-order chi connectivity index (χ0) is 13.1. The first-order valence-electron chi connectivity index (χ1n) is 5.92. The monoisotopic (exact) mass is 441 g/mol. The van der Waals surface area contributed by atoms with Crippen LogP contribution in [0.15, 0.2) is 18.2 Å². The van der Waals surface area contributed by atoms with Crippen molar-refractivity contribution in [1.29, 1.82) is 0 Å². The van der Waals surface area contributed by atoms with Crippen molar-refractivity contribution in [2.24, 2.45) is 5.92 Å². The van der Waals surface area contributed by atoms with Gasteiger partial charge in [-0.2, -0.15) is 0 Å². The normalized spacial score (nSPS) is 19.3. The van der Waals surface area contributed by atoms with Crippen LogP contribution in [0.3, 0.4) is 0 Å². The van der Waals surface area contributed by atoms with Gasteiger partial charge >= 0.3 is 0 Å². The van der Waals surface area contributed by atoms with E-state index in [1.807, 2.05) is 17.0 Å². The summed E-state index contributed by atoms with van der Waals surface area (Å²) in [6, 6.07) is 5.51. The molecule has 0 N–H and O–H groups in total. The lowest BCUT2D eigenvalue weighted by atomic mass is 10.1. The van der Waals surface area contributed by atoms with Crippen molar-refractivity contribution in [3.05, 3.63) is 32.4 Å². The number of benzene rings is 1. The van der Waals surface area contributed by atoms with Crippen LogP contribution in [0.25, 0.3) is 0 Å². The van der Waals surface area contributed by atoms with E-state index in [2.05, 4.69) is 38.5 Å². The highest BCUT2D eigenvalue weighted by molar-refractivity contribution is 14.1. The van der Waals surface area contributed by atoms with Gasteiger partial charge < -0.3 is 4.90 Å². The first kappa shape index (κ1) is 14.6. The Bertz CT molecular complexity index is 455. The quantitative estimate of drug-likeness (QED) is 0.508. The average molecular weight is 443 g/mol. The SMILES string of the molecule is O=C(c1ccc(I)c(Cl)c1)N1CCC(CCBr)C1. The molecule has 1 aromatic carbocycles. The van der Waals surface area contributed by atoms with Gasteiger partial charge in [0.15, 0.2) is 0 Å². The van der Waals surface area contributed by atoms with Crippen molar-refractivity contribution in [3.8, 4) is 0 Å².